The van der Waals surface area contributed by atoms with E-state index in [0.717, 1.165) is 0 Å². The van der Waals surface area contributed by atoms with Crippen LogP contribution in [0.5, 0.6) is 0 Å². The molecule has 0 saturated heterocycles. The Labute approximate surface area is 161 Å². The Morgan fingerprint density at radius 1 is 1.18 bits per heavy atom. The highest BCUT2D eigenvalue weighted by molar-refractivity contribution is 6.04. The smallest absolute Gasteiger partial charge is 0.274 e. The predicted octanol–water partition coefficient (Wildman–Crippen LogP) is 2.75. The van der Waals surface area contributed by atoms with E-state index < -0.39 is 17.3 Å². The molecule has 28 heavy (non-hydrogen) atoms. The Balaban J connectivity index is 1.92. The standard InChI is InChI=1S/C21H22FN3O3/c1-13(2)25-20(27)17-7-5-4-6-16(17)18(24-25)19(26)23-12-21(3,28)14-8-10-15(22)11-9-14/h4-11,13,28H,12H2,1-3H3,(H,23,26). The van der Waals surface area contributed by atoms with Crippen LogP contribution in [0.15, 0.2) is 53.3 Å². The summed E-state index contributed by atoms with van der Waals surface area (Å²) in [6.45, 7) is 5.05. The maximum absolute atomic E-state index is 13.1. The minimum Gasteiger partial charge on any atom is -0.384 e. The minimum atomic E-state index is -1.40. The van der Waals surface area contributed by atoms with Gasteiger partial charge in [0.05, 0.1) is 18.0 Å². The van der Waals surface area contributed by atoms with Crippen molar-refractivity contribution >= 4 is 16.7 Å². The van der Waals surface area contributed by atoms with Crippen LogP contribution in [0.2, 0.25) is 0 Å². The number of carbonyl (C=O) groups is 1. The summed E-state index contributed by atoms with van der Waals surface area (Å²) in [7, 11) is 0. The third-order valence-corrected chi connectivity index (χ3v) is 4.59. The van der Waals surface area contributed by atoms with Crippen LogP contribution in [0.3, 0.4) is 0 Å². The van der Waals surface area contributed by atoms with Gasteiger partial charge in [0.15, 0.2) is 5.69 Å². The Morgan fingerprint density at radius 3 is 2.39 bits per heavy atom. The van der Waals surface area contributed by atoms with E-state index >= 15 is 0 Å². The van der Waals surface area contributed by atoms with E-state index in [2.05, 4.69) is 10.4 Å². The number of nitrogens with zero attached hydrogens (tertiary/aromatic N) is 2. The molecule has 0 bridgehead atoms. The van der Waals surface area contributed by atoms with Gasteiger partial charge in [0.1, 0.15) is 11.4 Å². The second-order valence-corrected chi connectivity index (χ2v) is 7.20. The maximum Gasteiger partial charge on any atom is 0.274 e. The number of benzene rings is 2. The van der Waals surface area contributed by atoms with Crippen molar-refractivity contribution in [1.82, 2.24) is 15.1 Å². The molecular formula is C21H22FN3O3. The summed E-state index contributed by atoms with van der Waals surface area (Å²) < 4.78 is 14.4. The van der Waals surface area contributed by atoms with Crippen molar-refractivity contribution in [1.29, 1.82) is 0 Å². The molecule has 1 amide bonds. The van der Waals surface area contributed by atoms with E-state index in [1.165, 1.54) is 35.9 Å². The van der Waals surface area contributed by atoms with Crippen molar-refractivity contribution in [2.24, 2.45) is 0 Å². The quantitative estimate of drug-likeness (QED) is 0.710. The SMILES string of the molecule is CC(C)n1nc(C(=O)NCC(C)(O)c2ccc(F)cc2)c2ccccc2c1=O. The lowest BCUT2D eigenvalue weighted by Crippen LogP contribution is -2.40. The zero-order valence-corrected chi connectivity index (χ0v) is 15.9. The van der Waals surface area contributed by atoms with Crippen LogP contribution in [-0.4, -0.2) is 27.3 Å². The molecule has 0 saturated carbocycles. The third kappa shape index (κ3) is 3.80. The van der Waals surface area contributed by atoms with Crippen LogP contribution in [0.25, 0.3) is 10.8 Å². The van der Waals surface area contributed by atoms with Gasteiger partial charge in [0.25, 0.3) is 11.5 Å². The first kappa shape index (κ1) is 19.7. The van der Waals surface area contributed by atoms with E-state index in [4.69, 9.17) is 0 Å². The molecule has 3 aromatic rings. The van der Waals surface area contributed by atoms with E-state index in [9.17, 15) is 19.1 Å². The van der Waals surface area contributed by atoms with Crippen molar-refractivity contribution in [3.8, 4) is 0 Å². The van der Waals surface area contributed by atoms with Crippen LogP contribution < -0.4 is 10.9 Å². The second kappa shape index (κ2) is 7.52. The molecule has 146 valence electrons. The van der Waals surface area contributed by atoms with E-state index in [1.54, 1.807) is 24.3 Å². The molecule has 1 heterocycles. The number of hydrogen-bond donors (Lipinski definition) is 2. The molecular weight excluding hydrogens is 361 g/mol. The molecule has 0 aliphatic rings. The number of fused-ring (bicyclic) bond motifs is 1. The van der Waals surface area contributed by atoms with Gasteiger partial charge in [-0.15, -0.1) is 0 Å². The normalized spacial score (nSPS) is 13.5. The molecule has 2 N–H and O–H groups in total. The molecule has 0 radical (unpaired) electrons. The monoisotopic (exact) mass is 383 g/mol. The van der Waals surface area contributed by atoms with Crippen molar-refractivity contribution in [2.75, 3.05) is 6.54 Å². The van der Waals surface area contributed by atoms with Crippen LogP contribution in [0, 0.1) is 5.82 Å². The van der Waals surface area contributed by atoms with Gasteiger partial charge in [0, 0.05) is 5.39 Å². The number of nitrogens with one attached hydrogen (secondary N) is 1. The zero-order chi connectivity index (χ0) is 20.5. The first-order chi connectivity index (χ1) is 13.2. The average molecular weight is 383 g/mol. The van der Waals surface area contributed by atoms with Gasteiger partial charge in [-0.1, -0.05) is 30.3 Å². The fraction of sp³-hybridized carbons (Fsp3) is 0.286. The van der Waals surface area contributed by atoms with Crippen LogP contribution in [0.4, 0.5) is 4.39 Å². The van der Waals surface area contributed by atoms with Gasteiger partial charge in [0.2, 0.25) is 0 Å². The van der Waals surface area contributed by atoms with Crippen LogP contribution in [-0.2, 0) is 5.60 Å². The molecule has 1 unspecified atom stereocenters. The molecule has 2 aromatic carbocycles. The summed E-state index contributed by atoms with van der Waals surface area (Å²) >= 11 is 0. The van der Waals surface area contributed by atoms with Crippen molar-refractivity contribution in [2.45, 2.75) is 32.4 Å². The molecule has 6 nitrogen and oxygen atoms in total. The average Bonchev–Trinajstić information content (AvgIpc) is 2.67. The summed E-state index contributed by atoms with van der Waals surface area (Å²) in [5.41, 5.74) is -1.08. The Kier molecular flexibility index (Phi) is 5.29. The molecule has 1 aromatic heterocycles. The maximum atomic E-state index is 13.1. The van der Waals surface area contributed by atoms with Gasteiger partial charge in [-0.05, 0) is 44.5 Å². The van der Waals surface area contributed by atoms with Crippen LogP contribution >= 0.6 is 0 Å². The Bertz CT molecular complexity index is 1070. The first-order valence-corrected chi connectivity index (χ1v) is 8.99. The molecule has 0 aliphatic heterocycles. The lowest BCUT2D eigenvalue weighted by Gasteiger charge is -2.24. The van der Waals surface area contributed by atoms with Crippen molar-refractivity contribution < 1.29 is 14.3 Å². The fourth-order valence-electron chi connectivity index (χ4n) is 2.97. The summed E-state index contributed by atoms with van der Waals surface area (Å²) in [4.78, 5) is 25.4. The number of halogens is 1. The zero-order valence-electron chi connectivity index (χ0n) is 15.9. The number of rotatable bonds is 5. The third-order valence-electron chi connectivity index (χ3n) is 4.59. The predicted molar refractivity (Wildman–Crippen MR) is 105 cm³/mol. The van der Waals surface area contributed by atoms with Gasteiger partial charge >= 0.3 is 0 Å². The fourth-order valence-corrected chi connectivity index (χ4v) is 2.97. The van der Waals surface area contributed by atoms with E-state index in [0.29, 0.717) is 16.3 Å². The molecule has 7 heteroatoms. The van der Waals surface area contributed by atoms with E-state index in [-0.39, 0.29) is 23.8 Å². The molecule has 0 fully saturated rings. The lowest BCUT2D eigenvalue weighted by molar-refractivity contribution is 0.0524. The summed E-state index contributed by atoms with van der Waals surface area (Å²) in [6.07, 6.45) is 0. The lowest BCUT2D eigenvalue weighted by atomic mass is 9.96. The minimum absolute atomic E-state index is 0.103. The number of hydrogen-bond acceptors (Lipinski definition) is 4. The van der Waals surface area contributed by atoms with Crippen LogP contribution in [0.1, 0.15) is 42.9 Å². The highest BCUT2D eigenvalue weighted by Crippen LogP contribution is 2.20. The van der Waals surface area contributed by atoms with Crippen molar-refractivity contribution in [3.63, 3.8) is 0 Å². The van der Waals surface area contributed by atoms with E-state index in [1.807, 2.05) is 13.8 Å². The first-order valence-electron chi connectivity index (χ1n) is 8.99. The second-order valence-electron chi connectivity index (χ2n) is 7.20. The van der Waals surface area contributed by atoms with Gasteiger partial charge in [-0.3, -0.25) is 9.59 Å². The molecule has 0 aliphatic carbocycles. The number of aliphatic hydroxyl groups is 1. The number of aromatic nitrogens is 2. The molecule has 1 atom stereocenters. The van der Waals surface area contributed by atoms with Gasteiger partial charge in [-0.2, -0.15) is 5.10 Å². The largest absolute Gasteiger partial charge is 0.384 e. The molecule has 3 rings (SSSR count). The highest BCUT2D eigenvalue weighted by atomic mass is 19.1. The summed E-state index contributed by atoms with van der Waals surface area (Å²) in [5, 5.41) is 18.4. The summed E-state index contributed by atoms with van der Waals surface area (Å²) in [6, 6.07) is 12.0. The topological polar surface area (TPSA) is 84.2 Å². The number of carbonyl (C=O) groups excluding carboxylic acids is 1. The number of amides is 1. The summed E-state index contributed by atoms with van der Waals surface area (Å²) in [5.74, 6) is -0.914. The van der Waals surface area contributed by atoms with Gasteiger partial charge < -0.3 is 10.4 Å². The van der Waals surface area contributed by atoms with Crippen molar-refractivity contribution in [3.05, 3.63) is 76.0 Å². The van der Waals surface area contributed by atoms with Gasteiger partial charge in [-0.25, -0.2) is 9.07 Å². The Morgan fingerprint density at radius 2 is 1.79 bits per heavy atom. The highest BCUT2D eigenvalue weighted by Gasteiger charge is 2.25. The molecule has 0 spiro atoms. The Hall–Kier alpha value is -3.06.